The molecule has 1 unspecified atom stereocenters. The Morgan fingerprint density at radius 3 is 1.94 bits per heavy atom. The first kappa shape index (κ1) is 12.2. The van der Waals surface area contributed by atoms with Gasteiger partial charge in [-0.3, -0.25) is 4.79 Å². The number of aliphatic carboxylic acids is 2. The summed E-state index contributed by atoms with van der Waals surface area (Å²) < 4.78 is 0. The summed E-state index contributed by atoms with van der Waals surface area (Å²) >= 11 is 0. The summed E-state index contributed by atoms with van der Waals surface area (Å²) in [5, 5.41) is 24.1. The van der Waals surface area contributed by atoms with Gasteiger partial charge in [-0.15, -0.1) is 0 Å². The zero-order valence-electron chi connectivity index (χ0n) is 8.46. The molecule has 0 fully saturated rings. The SMILES string of the molecule is O=C(O)CC(O)C(=O)O.c1ccc2c(c1)C2. The molecule has 5 nitrogen and oxygen atoms in total. The maximum absolute atomic E-state index is 9.72. The van der Waals surface area contributed by atoms with Crippen molar-refractivity contribution in [2.45, 2.75) is 18.9 Å². The molecule has 1 aliphatic carbocycles. The number of hydrogen-bond donors (Lipinski definition) is 3. The summed E-state index contributed by atoms with van der Waals surface area (Å²) in [7, 11) is 0. The third-order valence-electron chi connectivity index (χ3n) is 2.03. The third-order valence-corrected chi connectivity index (χ3v) is 2.03. The Morgan fingerprint density at radius 1 is 1.19 bits per heavy atom. The maximum atomic E-state index is 9.72. The van der Waals surface area contributed by atoms with E-state index in [2.05, 4.69) is 24.3 Å². The highest BCUT2D eigenvalue weighted by atomic mass is 16.4. The molecule has 0 aromatic heterocycles. The van der Waals surface area contributed by atoms with Crippen molar-refractivity contribution in [3.8, 4) is 0 Å². The summed E-state index contributed by atoms with van der Waals surface area (Å²) in [6.45, 7) is 0. The molecule has 0 radical (unpaired) electrons. The first-order valence-electron chi connectivity index (χ1n) is 4.70. The van der Waals surface area contributed by atoms with E-state index < -0.39 is 24.5 Å². The van der Waals surface area contributed by atoms with Crippen LogP contribution < -0.4 is 0 Å². The smallest absolute Gasteiger partial charge is 0.333 e. The topological polar surface area (TPSA) is 94.8 Å². The van der Waals surface area contributed by atoms with Gasteiger partial charge in [0, 0.05) is 0 Å². The number of carbonyl (C=O) groups is 2. The highest BCUT2D eigenvalue weighted by Crippen LogP contribution is 2.25. The Balaban J connectivity index is 0.000000163. The van der Waals surface area contributed by atoms with Crippen LogP contribution in [0.4, 0.5) is 0 Å². The Morgan fingerprint density at radius 2 is 1.69 bits per heavy atom. The monoisotopic (exact) mass is 224 g/mol. The van der Waals surface area contributed by atoms with Crippen molar-refractivity contribution >= 4 is 11.9 Å². The van der Waals surface area contributed by atoms with Crippen molar-refractivity contribution in [3.05, 3.63) is 35.4 Å². The minimum absolute atomic E-state index is 0.755. The molecule has 5 heteroatoms. The molecule has 0 spiro atoms. The molecule has 1 aliphatic rings. The van der Waals surface area contributed by atoms with Gasteiger partial charge < -0.3 is 15.3 Å². The molecule has 16 heavy (non-hydrogen) atoms. The van der Waals surface area contributed by atoms with Gasteiger partial charge >= 0.3 is 11.9 Å². The fourth-order valence-electron chi connectivity index (χ4n) is 1.09. The van der Waals surface area contributed by atoms with E-state index in [1.807, 2.05) is 0 Å². The van der Waals surface area contributed by atoms with Crippen LogP contribution in [-0.2, 0) is 16.0 Å². The average Bonchev–Trinajstić information content (AvgIpc) is 2.95. The van der Waals surface area contributed by atoms with Crippen LogP contribution in [0.2, 0.25) is 0 Å². The molecule has 2 rings (SSSR count). The summed E-state index contributed by atoms with van der Waals surface area (Å²) in [6, 6.07) is 8.53. The Kier molecular flexibility index (Phi) is 4.02. The molecular weight excluding hydrogens is 212 g/mol. The molecule has 86 valence electrons. The molecule has 0 saturated carbocycles. The number of aliphatic hydroxyl groups excluding tert-OH is 1. The normalized spacial score (nSPS) is 12.8. The van der Waals surface area contributed by atoms with E-state index in [4.69, 9.17) is 15.3 Å². The molecule has 3 N–H and O–H groups in total. The van der Waals surface area contributed by atoms with Gasteiger partial charge in [0.05, 0.1) is 6.42 Å². The van der Waals surface area contributed by atoms with Crippen LogP contribution in [0.5, 0.6) is 0 Å². The van der Waals surface area contributed by atoms with E-state index in [0.717, 1.165) is 0 Å². The number of rotatable bonds is 3. The lowest BCUT2D eigenvalue weighted by Gasteiger charge is -1.97. The molecule has 1 aromatic carbocycles. The summed E-state index contributed by atoms with van der Waals surface area (Å²) in [5.41, 5.74) is 3.06. The van der Waals surface area contributed by atoms with Gasteiger partial charge in [0.1, 0.15) is 0 Å². The molecule has 0 saturated heterocycles. The van der Waals surface area contributed by atoms with Gasteiger partial charge in [-0.1, -0.05) is 24.3 Å². The number of fused-ring (bicyclic) bond motifs is 1. The van der Waals surface area contributed by atoms with Crippen molar-refractivity contribution < 1.29 is 24.9 Å². The Hall–Kier alpha value is -1.88. The molecule has 1 atom stereocenters. The second kappa shape index (κ2) is 5.27. The lowest BCUT2D eigenvalue weighted by Crippen LogP contribution is -2.22. The van der Waals surface area contributed by atoms with E-state index in [1.54, 1.807) is 0 Å². The fraction of sp³-hybridized carbons (Fsp3) is 0.273. The highest BCUT2D eigenvalue weighted by molar-refractivity contribution is 5.79. The number of benzene rings is 1. The largest absolute Gasteiger partial charge is 0.481 e. The maximum Gasteiger partial charge on any atom is 0.333 e. The van der Waals surface area contributed by atoms with Crippen molar-refractivity contribution in [1.82, 2.24) is 0 Å². The molecule has 1 aromatic rings. The van der Waals surface area contributed by atoms with Gasteiger partial charge in [0.2, 0.25) is 0 Å². The van der Waals surface area contributed by atoms with Crippen LogP contribution in [-0.4, -0.2) is 33.4 Å². The zero-order chi connectivity index (χ0) is 12.1. The number of hydrogen-bond acceptors (Lipinski definition) is 3. The second-order valence-corrected chi connectivity index (χ2v) is 3.40. The summed E-state index contributed by atoms with van der Waals surface area (Å²) in [4.78, 5) is 19.4. The lowest BCUT2D eigenvalue weighted by atomic mass is 10.3. The zero-order valence-corrected chi connectivity index (χ0v) is 8.46. The fourth-order valence-corrected chi connectivity index (χ4v) is 1.09. The van der Waals surface area contributed by atoms with Crippen molar-refractivity contribution in [1.29, 1.82) is 0 Å². The lowest BCUT2D eigenvalue weighted by molar-refractivity contribution is -0.152. The van der Waals surface area contributed by atoms with Crippen LogP contribution in [0.3, 0.4) is 0 Å². The van der Waals surface area contributed by atoms with E-state index in [0.29, 0.717) is 0 Å². The van der Waals surface area contributed by atoms with Crippen LogP contribution in [0.1, 0.15) is 17.5 Å². The Labute approximate surface area is 92.0 Å². The summed E-state index contributed by atoms with van der Waals surface area (Å²) in [5.74, 6) is -2.85. The predicted octanol–water partition coefficient (Wildman–Crippen LogP) is 0.497. The Bertz CT molecular complexity index is 378. The number of carboxylic acid groups (broad SMARTS) is 2. The minimum Gasteiger partial charge on any atom is -0.481 e. The van der Waals surface area contributed by atoms with E-state index in [1.165, 1.54) is 17.5 Å². The minimum atomic E-state index is -1.79. The average molecular weight is 224 g/mol. The predicted molar refractivity (Wildman–Crippen MR) is 55.1 cm³/mol. The first-order chi connectivity index (χ1) is 7.50. The third kappa shape index (κ3) is 4.10. The second-order valence-electron chi connectivity index (χ2n) is 3.40. The molecule has 0 aliphatic heterocycles. The number of aliphatic hydroxyl groups is 1. The van der Waals surface area contributed by atoms with E-state index in [9.17, 15) is 9.59 Å². The van der Waals surface area contributed by atoms with Crippen LogP contribution >= 0.6 is 0 Å². The molecule has 0 heterocycles. The molecular formula is C11H12O5. The van der Waals surface area contributed by atoms with Gasteiger partial charge in [-0.25, -0.2) is 4.79 Å². The standard InChI is InChI=1S/C7H6.C4H6O5/c1-2-4-7-5-6(7)3-1;5-2(4(8)9)1-3(6)7/h1-4H,5H2;2,5H,1H2,(H,6,7)(H,8,9). The van der Waals surface area contributed by atoms with Gasteiger partial charge in [0.15, 0.2) is 6.10 Å². The van der Waals surface area contributed by atoms with Gasteiger partial charge in [-0.2, -0.15) is 0 Å². The highest BCUT2D eigenvalue weighted by Gasteiger charge is 2.16. The van der Waals surface area contributed by atoms with E-state index in [-0.39, 0.29) is 0 Å². The van der Waals surface area contributed by atoms with Crippen LogP contribution in [0.25, 0.3) is 0 Å². The quantitative estimate of drug-likeness (QED) is 0.705. The molecule has 0 amide bonds. The van der Waals surface area contributed by atoms with E-state index >= 15 is 0 Å². The first-order valence-corrected chi connectivity index (χ1v) is 4.70. The van der Waals surface area contributed by atoms with Gasteiger partial charge in [-0.05, 0) is 17.5 Å². The van der Waals surface area contributed by atoms with Crippen molar-refractivity contribution in [2.24, 2.45) is 0 Å². The van der Waals surface area contributed by atoms with Crippen LogP contribution in [0, 0.1) is 0 Å². The van der Waals surface area contributed by atoms with Crippen molar-refractivity contribution in [3.63, 3.8) is 0 Å². The summed E-state index contributed by atoms with van der Waals surface area (Å²) in [6.07, 6.45) is -1.30. The number of carboxylic acids is 2. The molecule has 0 bridgehead atoms. The van der Waals surface area contributed by atoms with Gasteiger partial charge in [0.25, 0.3) is 0 Å². The van der Waals surface area contributed by atoms with Crippen molar-refractivity contribution in [2.75, 3.05) is 0 Å². The van der Waals surface area contributed by atoms with Crippen LogP contribution in [0.15, 0.2) is 24.3 Å².